The van der Waals surface area contributed by atoms with Gasteiger partial charge in [-0.1, -0.05) is 60.7 Å². The third-order valence-electron chi connectivity index (χ3n) is 4.80. The number of carbonyl (C=O) groups is 1. The van der Waals surface area contributed by atoms with Crippen molar-refractivity contribution in [2.24, 2.45) is 0 Å². The molecule has 0 bridgehead atoms. The molecule has 0 N–H and O–H groups in total. The van der Waals surface area contributed by atoms with Gasteiger partial charge in [0.2, 0.25) is 8.46 Å². The minimum Gasteiger partial charge on any atom is -0.280 e. The number of hydrogen-bond donors (Lipinski definition) is 0. The van der Waals surface area contributed by atoms with E-state index >= 15 is 0 Å². The van der Waals surface area contributed by atoms with Gasteiger partial charge in [0.05, 0.1) is 0 Å². The van der Waals surface area contributed by atoms with Crippen LogP contribution in [0.3, 0.4) is 0 Å². The molecule has 0 amide bonds. The fraction of sp³-hybridized carbons (Fsp3) is 0.136. The Kier molecular flexibility index (Phi) is 4.92. The minimum atomic E-state index is -0.482. The molecule has 3 aromatic rings. The lowest BCUT2D eigenvalue weighted by atomic mass is 9.82. The molecule has 0 atom stereocenters. The molecule has 0 saturated carbocycles. The molecular weight excluding hydrogens is 327 g/mol. The molecule has 0 aliphatic heterocycles. The summed E-state index contributed by atoms with van der Waals surface area (Å²) in [5.74, 6) is 0. The normalized spacial score (nSPS) is 10.8. The third-order valence-corrected chi connectivity index (χ3v) is 5.19. The van der Waals surface area contributed by atoms with Crippen molar-refractivity contribution in [3.8, 4) is 22.3 Å². The summed E-state index contributed by atoms with van der Waals surface area (Å²) in [5.41, 5.74) is 7.17. The maximum Gasteiger partial charge on any atom is 0.253 e. The summed E-state index contributed by atoms with van der Waals surface area (Å²) in [7, 11) is -0.482. The van der Waals surface area contributed by atoms with Crippen LogP contribution in [0, 0.1) is 20.8 Å². The molecule has 3 heteroatoms. The van der Waals surface area contributed by atoms with Gasteiger partial charge in [-0.15, -0.1) is 0 Å². The Bertz CT molecular complexity index is 945. The minimum absolute atomic E-state index is 0.378. The Labute approximate surface area is 149 Å². The van der Waals surface area contributed by atoms with Crippen LogP contribution < -0.4 is 0 Å². The van der Waals surface area contributed by atoms with Crippen molar-refractivity contribution in [1.82, 2.24) is 0 Å². The van der Waals surface area contributed by atoms with Crippen LogP contribution in [0.15, 0.2) is 60.7 Å². The van der Waals surface area contributed by atoms with E-state index in [1.165, 1.54) is 0 Å². The second-order valence-electron chi connectivity index (χ2n) is 6.13. The topological polar surface area (TPSA) is 34.1 Å². The second kappa shape index (κ2) is 7.13. The van der Waals surface area contributed by atoms with E-state index < -0.39 is 8.46 Å². The fourth-order valence-corrected chi connectivity index (χ4v) is 3.70. The van der Waals surface area contributed by atoms with Crippen LogP contribution in [0.2, 0.25) is 0 Å². The van der Waals surface area contributed by atoms with E-state index in [1.54, 1.807) is 0 Å². The first kappa shape index (κ1) is 17.3. The van der Waals surface area contributed by atoms with E-state index in [4.69, 9.17) is 0 Å². The van der Waals surface area contributed by atoms with Gasteiger partial charge in [0.1, 0.15) is 0 Å². The zero-order valence-corrected chi connectivity index (χ0v) is 15.4. The lowest BCUT2D eigenvalue weighted by Gasteiger charge is -2.21. The van der Waals surface area contributed by atoms with Gasteiger partial charge < -0.3 is 0 Å². The van der Waals surface area contributed by atoms with E-state index in [0.717, 1.165) is 38.9 Å². The standard InChI is InChI=1S/C22H19O2P/c1-14-15(2)19(17-10-6-4-7-11-17)21(18-12-8-5-9-13-18)20(16(14)3)22(23)25-24/h4-13H,1-3H3. The summed E-state index contributed by atoms with van der Waals surface area (Å²) in [4.78, 5) is 12.6. The Balaban J connectivity index is 2.51. The van der Waals surface area contributed by atoms with Gasteiger partial charge in [-0.05, 0) is 54.2 Å². The van der Waals surface area contributed by atoms with Gasteiger partial charge in [-0.2, -0.15) is 0 Å². The van der Waals surface area contributed by atoms with Crippen molar-refractivity contribution in [3.63, 3.8) is 0 Å². The van der Waals surface area contributed by atoms with Crippen molar-refractivity contribution in [2.45, 2.75) is 20.8 Å². The van der Waals surface area contributed by atoms with Gasteiger partial charge in [-0.3, -0.25) is 9.36 Å². The molecule has 3 aromatic carbocycles. The molecule has 0 aromatic heterocycles. The number of benzene rings is 3. The molecule has 0 fully saturated rings. The molecule has 0 saturated heterocycles. The van der Waals surface area contributed by atoms with E-state index in [0.29, 0.717) is 5.56 Å². The van der Waals surface area contributed by atoms with Crippen molar-refractivity contribution in [2.75, 3.05) is 0 Å². The molecule has 0 unspecified atom stereocenters. The first-order valence-corrected chi connectivity index (χ1v) is 8.99. The van der Waals surface area contributed by atoms with Gasteiger partial charge in [0.25, 0.3) is 5.52 Å². The Hall–Kier alpha value is -2.57. The highest BCUT2D eigenvalue weighted by molar-refractivity contribution is 7.47. The molecule has 0 aliphatic rings. The summed E-state index contributed by atoms with van der Waals surface area (Å²) in [6, 6.07) is 19.9. The first-order chi connectivity index (χ1) is 12.1. The Morgan fingerprint density at radius 2 is 1.16 bits per heavy atom. The second-order valence-corrected chi connectivity index (χ2v) is 6.72. The zero-order chi connectivity index (χ0) is 18.0. The lowest BCUT2D eigenvalue weighted by Crippen LogP contribution is -2.05. The van der Waals surface area contributed by atoms with Crippen LogP contribution in [0.25, 0.3) is 22.3 Å². The SMILES string of the molecule is Cc1c(C)c(C(=O)P=O)c(-c2ccccc2)c(-c2ccccc2)c1C. The fourth-order valence-electron chi connectivity index (χ4n) is 3.33. The van der Waals surface area contributed by atoms with Gasteiger partial charge >= 0.3 is 0 Å². The highest BCUT2D eigenvalue weighted by Crippen LogP contribution is 2.42. The molecule has 2 nitrogen and oxygen atoms in total. The van der Waals surface area contributed by atoms with E-state index in [9.17, 15) is 9.36 Å². The average Bonchev–Trinajstić information content (AvgIpc) is 2.66. The molecule has 3 rings (SSSR count). The molecule has 25 heavy (non-hydrogen) atoms. The summed E-state index contributed by atoms with van der Waals surface area (Å²) < 4.78 is 11.4. The maximum atomic E-state index is 12.6. The van der Waals surface area contributed by atoms with Gasteiger partial charge in [0, 0.05) is 11.1 Å². The highest BCUT2D eigenvalue weighted by Gasteiger charge is 2.24. The summed E-state index contributed by atoms with van der Waals surface area (Å²) >= 11 is 0. The summed E-state index contributed by atoms with van der Waals surface area (Å²) in [5, 5.41) is 0. The predicted molar refractivity (Wildman–Crippen MR) is 103 cm³/mol. The number of rotatable bonds is 4. The maximum absolute atomic E-state index is 12.6. The monoisotopic (exact) mass is 346 g/mol. The van der Waals surface area contributed by atoms with Gasteiger partial charge in [-0.25, -0.2) is 0 Å². The Morgan fingerprint density at radius 1 is 0.680 bits per heavy atom. The number of carbonyl (C=O) groups excluding carboxylic acids is 1. The van der Waals surface area contributed by atoms with E-state index in [1.807, 2.05) is 74.5 Å². The highest BCUT2D eigenvalue weighted by atomic mass is 31.1. The van der Waals surface area contributed by atoms with Crippen molar-refractivity contribution in [3.05, 3.63) is 82.9 Å². The quantitative estimate of drug-likeness (QED) is 0.514. The number of hydrogen-bond acceptors (Lipinski definition) is 2. The molecule has 0 radical (unpaired) electrons. The molecular formula is C22H19O2P. The smallest absolute Gasteiger partial charge is 0.253 e. The van der Waals surface area contributed by atoms with E-state index in [-0.39, 0.29) is 5.52 Å². The van der Waals surface area contributed by atoms with Crippen molar-refractivity contribution >= 4 is 14.0 Å². The first-order valence-electron chi connectivity index (χ1n) is 8.18. The van der Waals surface area contributed by atoms with Crippen LogP contribution in [0.4, 0.5) is 0 Å². The van der Waals surface area contributed by atoms with Crippen LogP contribution in [-0.4, -0.2) is 5.52 Å². The van der Waals surface area contributed by atoms with Crippen LogP contribution in [-0.2, 0) is 4.57 Å². The average molecular weight is 346 g/mol. The molecule has 0 aliphatic carbocycles. The van der Waals surface area contributed by atoms with Crippen LogP contribution >= 0.6 is 8.46 Å². The zero-order valence-electron chi connectivity index (χ0n) is 14.5. The summed E-state index contributed by atoms with van der Waals surface area (Å²) in [6.07, 6.45) is 0. The molecule has 124 valence electrons. The van der Waals surface area contributed by atoms with E-state index in [2.05, 4.69) is 6.92 Å². The molecule has 0 heterocycles. The third kappa shape index (κ3) is 3.06. The van der Waals surface area contributed by atoms with Crippen LogP contribution in [0.1, 0.15) is 27.0 Å². The largest absolute Gasteiger partial charge is 0.280 e. The molecule has 0 spiro atoms. The lowest BCUT2D eigenvalue weighted by molar-refractivity contribution is 0.108. The van der Waals surface area contributed by atoms with Crippen LogP contribution in [0.5, 0.6) is 0 Å². The predicted octanol–water partition coefficient (Wildman–Crippen LogP) is 6.38. The summed E-state index contributed by atoms with van der Waals surface area (Å²) in [6.45, 7) is 6.03. The van der Waals surface area contributed by atoms with Crippen molar-refractivity contribution < 1.29 is 9.36 Å². The van der Waals surface area contributed by atoms with Crippen molar-refractivity contribution in [1.29, 1.82) is 0 Å². The Morgan fingerprint density at radius 3 is 1.64 bits per heavy atom. The van der Waals surface area contributed by atoms with Gasteiger partial charge in [0.15, 0.2) is 0 Å².